The van der Waals surface area contributed by atoms with Gasteiger partial charge in [-0.15, -0.1) is 10.2 Å². The molecule has 0 aliphatic rings. The zero-order valence-electron chi connectivity index (χ0n) is 14.7. The number of thioether (sulfide) groups is 2. The number of ketones is 1. The van der Waals surface area contributed by atoms with E-state index in [0.29, 0.717) is 17.9 Å². The van der Waals surface area contributed by atoms with E-state index in [1.165, 1.54) is 30.2 Å². The SMILES string of the molecule is CCSc1nnc(SCC(=O)c2cc(C)n(CCC(=O)OC)c2C)s1. The van der Waals surface area contributed by atoms with Crippen LogP contribution >= 0.6 is 34.9 Å². The van der Waals surface area contributed by atoms with Gasteiger partial charge in [-0.3, -0.25) is 9.59 Å². The standard InChI is InChI=1S/C16H21N3O3S3/c1-5-23-15-17-18-16(25-15)24-9-13(20)12-8-10(2)19(11(12)3)7-6-14(21)22-4/h8H,5-7,9H2,1-4H3. The lowest BCUT2D eigenvalue weighted by molar-refractivity contribution is -0.140. The third kappa shape index (κ3) is 5.32. The Morgan fingerprint density at radius 1 is 1.24 bits per heavy atom. The first-order chi connectivity index (χ1) is 12.0. The van der Waals surface area contributed by atoms with Gasteiger partial charge in [-0.25, -0.2) is 0 Å². The number of carbonyl (C=O) groups is 2. The maximum absolute atomic E-state index is 12.6. The van der Waals surface area contributed by atoms with Gasteiger partial charge in [-0.05, 0) is 25.7 Å². The fourth-order valence-corrected chi connectivity index (χ4v) is 5.18. The van der Waals surface area contributed by atoms with Crippen molar-refractivity contribution in [2.24, 2.45) is 0 Å². The molecule has 0 N–H and O–H groups in total. The number of carbonyl (C=O) groups excluding carboxylic acids is 2. The maximum Gasteiger partial charge on any atom is 0.307 e. The first-order valence-corrected chi connectivity index (χ1v) is 10.6. The Morgan fingerprint density at radius 2 is 1.92 bits per heavy atom. The molecular formula is C16H21N3O3S3. The van der Waals surface area contributed by atoms with Gasteiger partial charge < -0.3 is 9.30 Å². The topological polar surface area (TPSA) is 74.1 Å². The first-order valence-electron chi connectivity index (χ1n) is 7.82. The van der Waals surface area contributed by atoms with Gasteiger partial charge >= 0.3 is 5.97 Å². The third-order valence-electron chi connectivity index (χ3n) is 3.62. The highest BCUT2D eigenvalue weighted by Gasteiger charge is 2.17. The van der Waals surface area contributed by atoms with Gasteiger partial charge in [0.15, 0.2) is 14.5 Å². The maximum atomic E-state index is 12.6. The van der Waals surface area contributed by atoms with E-state index in [1.807, 2.05) is 24.5 Å². The molecule has 0 fully saturated rings. The van der Waals surface area contributed by atoms with Crippen LogP contribution in [0.15, 0.2) is 14.7 Å². The molecule has 0 bridgehead atoms. The number of ether oxygens (including phenoxy) is 1. The zero-order chi connectivity index (χ0) is 18.4. The summed E-state index contributed by atoms with van der Waals surface area (Å²) in [5.41, 5.74) is 2.54. The summed E-state index contributed by atoms with van der Waals surface area (Å²) < 4.78 is 8.40. The quantitative estimate of drug-likeness (QED) is 0.362. The van der Waals surface area contributed by atoms with Crippen LogP contribution in [0.4, 0.5) is 0 Å². The first kappa shape index (κ1) is 20.0. The molecule has 2 aromatic heterocycles. The van der Waals surface area contributed by atoms with Crippen LogP contribution in [0.2, 0.25) is 0 Å². The van der Waals surface area contributed by atoms with E-state index in [4.69, 9.17) is 0 Å². The zero-order valence-corrected chi connectivity index (χ0v) is 17.1. The van der Waals surface area contributed by atoms with Crippen LogP contribution in [-0.4, -0.2) is 45.1 Å². The Labute approximate surface area is 159 Å². The average Bonchev–Trinajstić information content (AvgIpc) is 3.15. The van der Waals surface area contributed by atoms with Gasteiger partial charge in [-0.2, -0.15) is 0 Å². The van der Waals surface area contributed by atoms with Crippen molar-refractivity contribution in [1.29, 1.82) is 0 Å². The second-order valence-corrected chi connectivity index (χ2v) is 8.95. The highest BCUT2D eigenvalue weighted by Crippen LogP contribution is 2.29. The van der Waals surface area contributed by atoms with Crippen molar-refractivity contribution >= 4 is 46.6 Å². The number of rotatable bonds is 9. The molecule has 0 radical (unpaired) electrons. The lowest BCUT2D eigenvalue weighted by atomic mass is 10.2. The van der Waals surface area contributed by atoms with Gasteiger partial charge in [0.25, 0.3) is 0 Å². The van der Waals surface area contributed by atoms with E-state index in [9.17, 15) is 9.59 Å². The van der Waals surface area contributed by atoms with E-state index in [0.717, 1.165) is 25.8 Å². The van der Waals surface area contributed by atoms with Crippen LogP contribution in [0, 0.1) is 13.8 Å². The summed E-state index contributed by atoms with van der Waals surface area (Å²) >= 11 is 4.58. The summed E-state index contributed by atoms with van der Waals surface area (Å²) in [7, 11) is 1.38. The number of Topliss-reactive ketones (excluding diaryl/α,β-unsaturated/α-hetero) is 1. The molecule has 0 saturated carbocycles. The summed E-state index contributed by atoms with van der Waals surface area (Å²) in [5, 5.41) is 8.20. The van der Waals surface area contributed by atoms with E-state index in [-0.39, 0.29) is 18.2 Å². The number of methoxy groups -OCH3 is 1. The van der Waals surface area contributed by atoms with Crippen molar-refractivity contribution in [2.45, 2.75) is 42.4 Å². The molecule has 0 amide bonds. The molecule has 0 unspecified atom stereocenters. The average molecular weight is 400 g/mol. The van der Waals surface area contributed by atoms with Crippen molar-refractivity contribution < 1.29 is 14.3 Å². The fourth-order valence-electron chi connectivity index (χ4n) is 2.37. The number of hydrogen-bond donors (Lipinski definition) is 0. The molecule has 0 spiro atoms. The Hall–Kier alpha value is -1.32. The Bertz CT molecular complexity index is 755. The van der Waals surface area contributed by atoms with Crippen LogP contribution in [-0.2, 0) is 16.1 Å². The number of hydrogen-bond acceptors (Lipinski definition) is 8. The smallest absolute Gasteiger partial charge is 0.307 e. The number of aryl methyl sites for hydroxylation is 1. The molecule has 9 heteroatoms. The molecule has 0 atom stereocenters. The summed E-state index contributed by atoms with van der Waals surface area (Å²) in [6, 6.07) is 1.88. The predicted molar refractivity (Wildman–Crippen MR) is 102 cm³/mol. The van der Waals surface area contributed by atoms with Crippen molar-refractivity contribution in [1.82, 2.24) is 14.8 Å². The van der Waals surface area contributed by atoms with Crippen LogP contribution in [0.25, 0.3) is 0 Å². The molecule has 136 valence electrons. The Morgan fingerprint density at radius 3 is 2.56 bits per heavy atom. The van der Waals surface area contributed by atoms with Crippen molar-refractivity contribution in [3.63, 3.8) is 0 Å². The lowest BCUT2D eigenvalue weighted by Crippen LogP contribution is -2.10. The van der Waals surface area contributed by atoms with Crippen LogP contribution in [0.3, 0.4) is 0 Å². The monoisotopic (exact) mass is 399 g/mol. The third-order valence-corrected chi connectivity index (χ3v) is 6.70. The summed E-state index contributed by atoms with van der Waals surface area (Å²) in [4.78, 5) is 23.9. The van der Waals surface area contributed by atoms with E-state index >= 15 is 0 Å². The number of nitrogens with zero attached hydrogens (tertiary/aromatic N) is 3. The van der Waals surface area contributed by atoms with Crippen molar-refractivity contribution in [2.75, 3.05) is 18.6 Å². The minimum Gasteiger partial charge on any atom is -0.469 e. The Kier molecular flexibility index (Phi) is 7.52. The van der Waals surface area contributed by atoms with Crippen LogP contribution < -0.4 is 0 Å². The molecule has 2 aromatic rings. The van der Waals surface area contributed by atoms with E-state index in [1.54, 1.807) is 11.8 Å². The molecule has 0 aromatic carbocycles. The fraction of sp³-hybridized carbons (Fsp3) is 0.500. The minimum absolute atomic E-state index is 0.0577. The summed E-state index contributed by atoms with van der Waals surface area (Å²) in [6.45, 7) is 6.42. The van der Waals surface area contributed by atoms with Gasteiger partial charge in [-0.1, -0.05) is 41.8 Å². The van der Waals surface area contributed by atoms with E-state index < -0.39 is 0 Å². The van der Waals surface area contributed by atoms with Crippen LogP contribution in [0.1, 0.15) is 35.1 Å². The lowest BCUT2D eigenvalue weighted by Gasteiger charge is -2.08. The van der Waals surface area contributed by atoms with E-state index in [2.05, 4.69) is 21.9 Å². The van der Waals surface area contributed by atoms with Crippen molar-refractivity contribution in [3.8, 4) is 0 Å². The van der Waals surface area contributed by atoms with Crippen molar-refractivity contribution in [3.05, 3.63) is 23.0 Å². The Balaban J connectivity index is 2.00. The number of aromatic nitrogens is 3. The van der Waals surface area contributed by atoms with Gasteiger partial charge in [0.05, 0.1) is 19.3 Å². The van der Waals surface area contributed by atoms with Gasteiger partial charge in [0.2, 0.25) is 0 Å². The largest absolute Gasteiger partial charge is 0.469 e. The van der Waals surface area contributed by atoms with Gasteiger partial charge in [0.1, 0.15) is 0 Å². The molecule has 2 heterocycles. The minimum atomic E-state index is -0.257. The summed E-state index contributed by atoms with van der Waals surface area (Å²) in [6.07, 6.45) is 0.290. The molecule has 0 aliphatic carbocycles. The molecule has 0 aliphatic heterocycles. The molecule has 6 nitrogen and oxygen atoms in total. The summed E-state index contributed by atoms with van der Waals surface area (Å²) in [5.74, 6) is 1.08. The molecule has 0 saturated heterocycles. The van der Waals surface area contributed by atoms with Crippen LogP contribution in [0.5, 0.6) is 0 Å². The predicted octanol–water partition coefficient (Wildman–Crippen LogP) is 3.61. The highest BCUT2D eigenvalue weighted by atomic mass is 32.2. The molecular weight excluding hydrogens is 378 g/mol. The normalized spacial score (nSPS) is 10.9. The van der Waals surface area contributed by atoms with Gasteiger partial charge in [0, 0.05) is 23.5 Å². The second kappa shape index (κ2) is 9.40. The number of esters is 1. The molecule has 25 heavy (non-hydrogen) atoms. The highest BCUT2D eigenvalue weighted by molar-refractivity contribution is 8.03. The second-order valence-electron chi connectivity index (χ2n) is 5.24. The molecule has 2 rings (SSSR count).